The molecular formula is C13H15FO2. The normalized spacial score (nSPS) is 17.8. The number of alkyl halides is 1. The van der Waals surface area contributed by atoms with Crippen LogP contribution in [-0.2, 0) is 0 Å². The maximum absolute atomic E-state index is 13.0. The molecule has 0 saturated heterocycles. The Morgan fingerprint density at radius 2 is 2.25 bits per heavy atom. The van der Waals surface area contributed by atoms with E-state index in [0.717, 1.165) is 18.4 Å². The first-order chi connectivity index (χ1) is 7.72. The van der Waals surface area contributed by atoms with Crippen molar-refractivity contribution in [2.45, 2.75) is 25.2 Å². The van der Waals surface area contributed by atoms with Gasteiger partial charge in [0, 0.05) is 5.92 Å². The molecule has 1 aliphatic rings. The summed E-state index contributed by atoms with van der Waals surface area (Å²) in [5.41, 5.74) is 1.07. The zero-order valence-corrected chi connectivity index (χ0v) is 9.03. The number of halogens is 1. The highest BCUT2D eigenvalue weighted by atomic mass is 19.1. The van der Waals surface area contributed by atoms with Gasteiger partial charge >= 0.3 is 5.97 Å². The number of aromatic carboxylic acids is 1. The Morgan fingerprint density at radius 1 is 1.50 bits per heavy atom. The summed E-state index contributed by atoms with van der Waals surface area (Å²) in [6.45, 7) is -0.395. The van der Waals surface area contributed by atoms with Crippen LogP contribution in [0.5, 0.6) is 0 Å². The van der Waals surface area contributed by atoms with Gasteiger partial charge in [0.05, 0.1) is 12.2 Å². The van der Waals surface area contributed by atoms with Crippen LogP contribution in [-0.4, -0.2) is 17.8 Å². The van der Waals surface area contributed by atoms with E-state index in [1.807, 2.05) is 6.07 Å². The van der Waals surface area contributed by atoms with E-state index in [4.69, 9.17) is 5.11 Å². The van der Waals surface area contributed by atoms with Crippen molar-refractivity contribution in [2.24, 2.45) is 5.92 Å². The van der Waals surface area contributed by atoms with Crippen LogP contribution in [0.15, 0.2) is 24.3 Å². The lowest BCUT2D eigenvalue weighted by molar-refractivity contribution is 0.0696. The monoisotopic (exact) mass is 222 g/mol. The molecule has 16 heavy (non-hydrogen) atoms. The zero-order chi connectivity index (χ0) is 11.5. The molecule has 1 atom stereocenters. The molecule has 1 fully saturated rings. The summed E-state index contributed by atoms with van der Waals surface area (Å²) < 4.78 is 13.0. The van der Waals surface area contributed by atoms with E-state index in [2.05, 4.69) is 0 Å². The predicted molar refractivity (Wildman–Crippen MR) is 59.5 cm³/mol. The molecule has 2 rings (SSSR count). The average Bonchev–Trinajstić information content (AvgIpc) is 2.23. The number of hydrogen-bond donors (Lipinski definition) is 1. The van der Waals surface area contributed by atoms with Gasteiger partial charge in [0.1, 0.15) is 0 Å². The van der Waals surface area contributed by atoms with Crippen molar-refractivity contribution in [3.8, 4) is 0 Å². The first kappa shape index (κ1) is 11.1. The molecule has 1 saturated carbocycles. The topological polar surface area (TPSA) is 37.3 Å². The molecule has 0 aromatic heterocycles. The third-order valence-corrected chi connectivity index (χ3v) is 3.45. The largest absolute Gasteiger partial charge is 0.478 e. The third-order valence-electron chi connectivity index (χ3n) is 3.45. The molecule has 0 spiro atoms. The summed E-state index contributed by atoms with van der Waals surface area (Å²) in [6.07, 6.45) is 3.29. The van der Waals surface area contributed by atoms with E-state index < -0.39 is 12.6 Å². The van der Waals surface area contributed by atoms with E-state index in [-0.39, 0.29) is 11.5 Å². The molecular weight excluding hydrogens is 207 g/mol. The fourth-order valence-corrected chi connectivity index (χ4v) is 2.23. The van der Waals surface area contributed by atoms with Crippen molar-refractivity contribution in [2.75, 3.05) is 6.67 Å². The lowest BCUT2D eigenvalue weighted by Gasteiger charge is -2.32. The number of carboxylic acids is 1. The molecule has 0 aliphatic heterocycles. The second kappa shape index (κ2) is 4.64. The summed E-state index contributed by atoms with van der Waals surface area (Å²) in [4.78, 5) is 10.8. The molecule has 0 radical (unpaired) electrons. The van der Waals surface area contributed by atoms with Gasteiger partial charge in [0.15, 0.2) is 0 Å². The molecule has 1 N–H and O–H groups in total. The van der Waals surface area contributed by atoms with Crippen LogP contribution in [0.4, 0.5) is 4.39 Å². The van der Waals surface area contributed by atoms with E-state index in [1.54, 1.807) is 18.2 Å². The van der Waals surface area contributed by atoms with Crippen LogP contribution in [0.1, 0.15) is 41.1 Å². The Morgan fingerprint density at radius 3 is 2.75 bits per heavy atom. The summed E-state index contributed by atoms with van der Waals surface area (Å²) in [5.74, 6) is -0.671. The number of benzene rings is 1. The smallest absolute Gasteiger partial charge is 0.335 e. The van der Waals surface area contributed by atoms with Crippen molar-refractivity contribution in [3.05, 3.63) is 35.4 Å². The van der Waals surface area contributed by atoms with Gasteiger partial charge < -0.3 is 5.11 Å². The van der Waals surface area contributed by atoms with Gasteiger partial charge in [-0.15, -0.1) is 0 Å². The Balaban J connectivity index is 2.23. The molecule has 1 aromatic carbocycles. The minimum Gasteiger partial charge on any atom is -0.478 e. The Kier molecular flexibility index (Phi) is 3.22. The third kappa shape index (κ3) is 2.08. The summed E-state index contributed by atoms with van der Waals surface area (Å²) >= 11 is 0. The van der Waals surface area contributed by atoms with E-state index >= 15 is 0 Å². The second-order valence-corrected chi connectivity index (χ2v) is 4.38. The molecule has 0 bridgehead atoms. The lowest BCUT2D eigenvalue weighted by atomic mass is 9.73. The highest BCUT2D eigenvalue weighted by Gasteiger charge is 2.28. The molecule has 1 aromatic rings. The van der Waals surface area contributed by atoms with Crippen molar-refractivity contribution >= 4 is 5.97 Å². The van der Waals surface area contributed by atoms with Crippen LogP contribution < -0.4 is 0 Å². The molecule has 1 unspecified atom stereocenters. The summed E-state index contributed by atoms with van der Waals surface area (Å²) in [5, 5.41) is 8.88. The van der Waals surface area contributed by atoms with Crippen molar-refractivity contribution in [3.63, 3.8) is 0 Å². The number of hydrogen-bond acceptors (Lipinski definition) is 1. The Bertz CT molecular complexity index is 385. The van der Waals surface area contributed by atoms with Gasteiger partial charge in [0.25, 0.3) is 0 Å². The fourth-order valence-electron chi connectivity index (χ4n) is 2.23. The molecule has 1 aliphatic carbocycles. The fraction of sp³-hybridized carbons (Fsp3) is 0.462. The first-order valence-electron chi connectivity index (χ1n) is 5.61. The lowest BCUT2D eigenvalue weighted by Crippen LogP contribution is -2.22. The van der Waals surface area contributed by atoms with Crippen molar-refractivity contribution < 1.29 is 14.3 Å². The first-order valence-corrected chi connectivity index (χ1v) is 5.61. The molecule has 3 heteroatoms. The molecule has 2 nitrogen and oxygen atoms in total. The molecule has 86 valence electrons. The Labute approximate surface area is 94.1 Å². The van der Waals surface area contributed by atoms with Gasteiger partial charge in [-0.05, 0) is 36.5 Å². The van der Waals surface area contributed by atoms with Crippen LogP contribution in [0.3, 0.4) is 0 Å². The van der Waals surface area contributed by atoms with Crippen LogP contribution >= 0.6 is 0 Å². The number of carbonyl (C=O) groups is 1. The highest BCUT2D eigenvalue weighted by Crippen LogP contribution is 2.39. The van der Waals surface area contributed by atoms with Crippen LogP contribution in [0.2, 0.25) is 0 Å². The van der Waals surface area contributed by atoms with Gasteiger partial charge in [0.2, 0.25) is 0 Å². The number of rotatable bonds is 4. The SMILES string of the molecule is O=C(O)c1cccc(C(CF)C2CCC2)c1. The van der Waals surface area contributed by atoms with E-state index in [9.17, 15) is 9.18 Å². The minimum absolute atomic E-state index is 0.118. The average molecular weight is 222 g/mol. The standard InChI is InChI=1S/C13H15FO2/c14-8-12(9-3-1-4-9)10-5-2-6-11(7-10)13(15)16/h2,5-7,9,12H,1,3-4,8H2,(H,15,16). The maximum Gasteiger partial charge on any atom is 0.335 e. The quantitative estimate of drug-likeness (QED) is 0.849. The zero-order valence-electron chi connectivity index (χ0n) is 9.03. The highest BCUT2D eigenvalue weighted by molar-refractivity contribution is 5.87. The summed E-state index contributed by atoms with van der Waals surface area (Å²) in [6, 6.07) is 6.67. The maximum atomic E-state index is 13.0. The van der Waals surface area contributed by atoms with Crippen molar-refractivity contribution in [1.29, 1.82) is 0 Å². The van der Waals surface area contributed by atoms with E-state index in [1.165, 1.54) is 6.42 Å². The van der Waals surface area contributed by atoms with E-state index in [0.29, 0.717) is 5.92 Å². The molecule has 0 heterocycles. The predicted octanol–water partition coefficient (Wildman–Crippen LogP) is 3.24. The van der Waals surface area contributed by atoms with Gasteiger partial charge in [-0.3, -0.25) is 4.39 Å². The minimum atomic E-state index is -0.951. The van der Waals surface area contributed by atoms with Gasteiger partial charge in [-0.2, -0.15) is 0 Å². The molecule has 0 amide bonds. The Hall–Kier alpha value is -1.38. The second-order valence-electron chi connectivity index (χ2n) is 4.38. The van der Waals surface area contributed by atoms with Crippen LogP contribution in [0.25, 0.3) is 0 Å². The van der Waals surface area contributed by atoms with Crippen molar-refractivity contribution in [1.82, 2.24) is 0 Å². The van der Waals surface area contributed by atoms with Gasteiger partial charge in [-0.1, -0.05) is 18.6 Å². The summed E-state index contributed by atoms with van der Waals surface area (Å²) in [7, 11) is 0. The van der Waals surface area contributed by atoms with Gasteiger partial charge in [-0.25, -0.2) is 4.79 Å². The van der Waals surface area contributed by atoms with Crippen LogP contribution in [0, 0.1) is 5.92 Å². The number of carboxylic acid groups (broad SMARTS) is 1.